The van der Waals surface area contributed by atoms with Gasteiger partial charge < -0.3 is 10.2 Å². The highest BCUT2D eigenvalue weighted by Gasteiger charge is 2.21. The maximum absolute atomic E-state index is 12.4. The van der Waals surface area contributed by atoms with Gasteiger partial charge in [-0.2, -0.15) is 0 Å². The molecule has 29 heavy (non-hydrogen) atoms. The Balaban J connectivity index is 1.23. The number of urea groups is 1. The maximum Gasteiger partial charge on any atom is 0.317 e. The van der Waals surface area contributed by atoms with Crippen LogP contribution in [0.5, 0.6) is 0 Å². The van der Waals surface area contributed by atoms with Gasteiger partial charge in [0.2, 0.25) is 0 Å². The second-order valence-electron chi connectivity index (χ2n) is 7.06. The molecule has 1 N–H and O–H groups in total. The lowest BCUT2D eigenvalue weighted by Gasteiger charge is -2.34. The lowest BCUT2D eigenvalue weighted by atomic mass is 10.2. The fourth-order valence-electron chi connectivity index (χ4n) is 3.32. The number of nitrogens with zero attached hydrogens (tertiary/aromatic N) is 3. The van der Waals surface area contributed by atoms with Gasteiger partial charge in [0.25, 0.3) is 0 Å². The van der Waals surface area contributed by atoms with Crippen LogP contribution in [0.2, 0.25) is 5.02 Å². The Morgan fingerprint density at radius 3 is 2.48 bits per heavy atom. The van der Waals surface area contributed by atoms with Crippen molar-refractivity contribution in [3.63, 3.8) is 0 Å². The van der Waals surface area contributed by atoms with E-state index in [0.29, 0.717) is 11.6 Å². The third kappa shape index (κ3) is 5.35. The minimum absolute atomic E-state index is 0.0142. The second-order valence-corrected chi connectivity index (χ2v) is 8.35. The van der Waals surface area contributed by atoms with E-state index in [1.165, 1.54) is 0 Å². The Hall–Kier alpha value is -2.41. The predicted molar refractivity (Wildman–Crippen MR) is 118 cm³/mol. The van der Waals surface area contributed by atoms with Crippen LogP contribution in [0.15, 0.2) is 60.0 Å². The molecule has 7 heteroatoms. The molecule has 0 unspecified atom stereocenters. The lowest BCUT2D eigenvalue weighted by Crippen LogP contribution is -2.51. The third-order valence-electron chi connectivity index (χ3n) is 4.97. The summed E-state index contributed by atoms with van der Waals surface area (Å²) in [6.45, 7) is 4.49. The molecule has 1 fully saturated rings. The number of thiazole rings is 1. The van der Waals surface area contributed by atoms with E-state index in [2.05, 4.69) is 27.7 Å². The Bertz CT molecular complexity index is 937. The van der Waals surface area contributed by atoms with Crippen molar-refractivity contribution in [1.82, 2.24) is 20.1 Å². The van der Waals surface area contributed by atoms with Gasteiger partial charge in [-0.3, -0.25) is 4.90 Å². The maximum atomic E-state index is 12.4. The molecule has 150 valence electrons. The van der Waals surface area contributed by atoms with Gasteiger partial charge in [-0.15, -0.1) is 11.3 Å². The molecule has 1 aliphatic heterocycles. The van der Waals surface area contributed by atoms with Crippen LogP contribution in [0.3, 0.4) is 0 Å². The molecule has 2 amide bonds. The standard InChI is InChI=1S/C22H23ClN4OS/c23-19-8-6-17(7-9-19)14-24-22(28)27-12-10-26(11-13-27)15-20-16-29-21(25-20)18-4-2-1-3-5-18/h1-9,16H,10-15H2,(H,24,28). The molecular weight excluding hydrogens is 404 g/mol. The largest absolute Gasteiger partial charge is 0.334 e. The number of hydrogen-bond acceptors (Lipinski definition) is 4. The molecular formula is C22H23ClN4OS. The third-order valence-corrected chi connectivity index (χ3v) is 6.17. The molecule has 0 radical (unpaired) electrons. The quantitative estimate of drug-likeness (QED) is 0.653. The topological polar surface area (TPSA) is 48.5 Å². The number of nitrogens with one attached hydrogen (secondary N) is 1. The highest BCUT2D eigenvalue weighted by molar-refractivity contribution is 7.13. The van der Waals surface area contributed by atoms with Crippen molar-refractivity contribution in [3.05, 3.63) is 76.3 Å². The normalized spacial score (nSPS) is 14.7. The number of amides is 2. The highest BCUT2D eigenvalue weighted by Crippen LogP contribution is 2.24. The summed E-state index contributed by atoms with van der Waals surface area (Å²) in [5.41, 5.74) is 3.29. The first kappa shape index (κ1) is 19.9. The molecule has 3 aromatic rings. The number of piperazine rings is 1. The van der Waals surface area contributed by atoms with E-state index in [-0.39, 0.29) is 6.03 Å². The van der Waals surface area contributed by atoms with Crippen molar-refractivity contribution < 1.29 is 4.79 Å². The molecule has 5 nitrogen and oxygen atoms in total. The summed E-state index contributed by atoms with van der Waals surface area (Å²) < 4.78 is 0. The summed E-state index contributed by atoms with van der Waals surface area (Å²) in [6.07, 6.45) is 0. The summed E-state index contributed by atoms with van der Waals surface area (Å²) in [7, 11) is 0. The van der Waals surface area contributed by atoms with Crippen LogP contribution >= 0.6 is 22.9 Å². The molecule has 0 bridgehead atoms. The van der Waals surface area contributed by atoms with Gasteiger partial charge in [-0.25, -0.2) is 9.78 Å². The Labute approximate surface area is 179 Å². The number of rotatable bonds is 5. The van der Waals surface area contributed by atoms with E-state index >= 15 is 0 Å². The number of carbonyl (C=O) groups excluding carboxylic acids is 1. The molecule has 1 saturated heterocycles. The van der Waals surface area contributed by atoms with Crippen LogP contribution < -0.4 is 5.32 Å². The zero-order valence-corrected chi connectivity index (χ0v) is 17.6. The average Bonchev–Trinajstić information content (AvgIpc) is 3.23. The minimum Gasteiger partial charge on any atom is -0.334 e. The first-order valence-corrected chi connectivity index (χ1v) is 10.9. The minimum atomic E-state index is -0.0142. The first-order valence-electron chi connectivity index (χ1n) is 9.67. The fourth-order valence-corrected chi connectivity index (χ4v) is 4.27. The van der Waals surface area contributed by atoms with Crippen LogP contribution in [-0.4, -0.2) is 47.0 Å². The lowest BCUT2D eigenvalue weighted by molar-refractivity contribution is 0.134. The Morgan fingerprint density at radius 2 is 1.76 bits per heavy atom. The van der Waals surface area contributed by atoms with Crippen LogP contribution in [0.1, 0.15) is 11.3 Å². The van der Waals surface area contributed by atoms with Gasteiger partial charge in [0, 0.05) is 55.2 Å². The van der Waals surface area contributed by atoms with Crippen LogP contribution in [0, 0.1) is 0 Å². The van der Waals surface area contributed by atoms with E-state index in [0.717, 1.165) is 54.6 Å². The molecule has 1 aliphatic rings. The zero-order chi connectivity index (χ0) is 20.1. The summed E-state index contributed by atoms with van der Waals surface area (Å²) >= 11 is 7.58. The van der Waals surface area contributed by atoms with Crippen LogP contribution in [0.4, 0.5) is 4.79 Å². The number of hydrogen-bond donors (Lipinski definition) is 1. The van der Waals surface area contributed by atoms with Crippen LogP contribution in [0.25, 0.3) is 10.6 Å². The molecule has 2 aromatic carbocycles. The van der Waals surface area contributed by atoms with Gasteiger partial charge in [-0.1, -0.05) is 54.1 Å². The number of benzene rings is 2. The van der Waals surface area contributed by atoms with E-state index in [9.17, 15) is 4.79 Å². The zero-order valence-electron chi connectivity index (χ0n) is 16.1. The van der Waals surface area contributed by atoms with Gasteiger partial charge >= 0.3 is 6.03 Å². The van der Waals surface area contributed by atoms with Crippen molar-refractivity contribution in [3.8, 4) is 10.6 Å². The van der Waals surface area contributed by atoms with E-state index in [4.69, 9.17) is 16.6 Å². The second kappa shape index (κ2) is 9.39. The number of halogens is 1. The molecule has 0 saturated carbocycles. The summed E-state index contributed by atoms with van der Waals surface area (Å²) in [4.78, 5) is 21.4. The Kier molecular flexibility index (Phi) is 6.44. The highest BCUT2D eigenvalue weighted by atomic mass is 35.5. The smallest absolute Gasteiger partial charge is 0.317 e. The van der Waals surface area contributed by atoms with Crippen molar-refractivity contribution in [2.75, 3.05) is 26.2 Å². The van der Waals surface area contributed by atoms with Crippen molar-refractivity contribution in [2.45, 2.75) is 13.1 Å². The number of carbonyl (C=O) groups is 1. The fraction of sp³-hybridized carbons (Fsp3) is 0.273. The van der Waals surface area contributed by atoms with Crippen LogP contribution in [-0.2, 0) is 13.1 Å². The summed E-state index contributed by atoms with van der Waals surface area (Å²) in [5.74, 6) is 0. The van der Waals surface area contributed by atoms with Gasteiger partial charge in [0.15, 0.2) is 0 Å². The Morgan fingerprint density at radius 1 is 1.03 bits per heavy atom. The summed E-state index contributed by atoms with van der Waals surface area (Å²) in [6, 6.07) is 17.8. The van der Waals surface area contributed by atoms with Gasteiger partial charge in [0.1, 0.15) is 5.01 Å². The van der Waals surface area contributed by atoms with E-state index < -0.39 is 0 Å². The number of aromatic nitrogens is 1. The SMILES string of the molecule is O=C(NCc1ccc(Cl)cc1)N1CCN(Cc2csc(-c3ccccc3)n2)CC1. The molecule has 4 rings (SSSR count). The van der Waals surface area contributed by atoms with Crippen molar-refractivity contribution in [1.29, 1.82) is 0 Å². The monoisotopic (exact) mass is 426 g/mol. The summed E-state index contributed by atoms with van der Waals surface area (Å²) in [5, 5.41) is 6.88. The van der Waals surface area contributed by atoms with E-state index in [1.54, 1.807) is 11.3 Å². The average molecular weight is 427 g/mol. The van der Waals surface area contributed by atoms with Gasteiger partial charge in [-0.05, 0) is 17.7 Å². The van der Waals surface area contributed by atoms with Crippen molar-refractivity contribution >= 4 is 29.0 Å². The molecule has 1 aromatic heterocycles. The molecule has 0 aliphatic carbocycles. The van der Waals surface area contributed by atoms with Gasteiger partial charge in [0.05, 0.1) is 5.69 Å². The molecule has 0 spiro atoms. The van der Waals surface area contributed by atoms with Crippen molar-refractivity contribution in [2.24, 2.45) is 0 Å². The van der Waals surface area contributed by atoms with E-state index in [1.807, 2.05) is 47.4 Å². The molecule has 0 atom stereocenters. The first-order chi connectivity index (χ1) is 14.2. The predicted octanol–water partition coefficient (Wildman–Crippen LogP) is 4.49. The molecule has 2 heterocycles.